The van der Waals surface area contributed by atoms with Crippen LogP contribution in [-0.4, -0.2) is 17.0 Å². The first-order chi connectivity index (χ1) is 6.68. The van der Waals surface area contributed by atoms with Gasteiger partial charge in [-0.05, 0) is 17.2 Å². The molecule has 1 amide bonds. The molecule has 0 radical (unpaired) electrons. The summed E-state index contributed by atoms with van der Waals surface area (Å²) in [5.41, 5.74) is 2.14. The first-order valence-electron chi connectivity index (χ1n) is 4.29. The Kier molecular flexibility index (Phi) is 1.96. The van der Waals surface area contributed by atoms with Crippen molar-refractivity contribution in [2.75, 3.05) is 0 Å². The third-order valence-corrected chi connectivity index (χ3v) is 2.29. The molecule has 2 N–H and O–H groups in total. The van der Waals surface area contributed by atoms with Crippen molar-refractivity contribution in [2.45, 2.75) is 13.0 Å². The number of rotatable bonds is 2. The van der Waals surface area contributed by atoms with Crippen LogP contribution >= 0.6 is 0 Å². The van der Waals surface area contributed by atoms with Crippen molar-refractivity contribution >= 4 is 11.9 Å². The van der Waals surface area contributed by atoms with Crippen LogP contribution in [-0.2, 0) is 17.8 Å². The highest BCUT2D eigenvalue weighted by Gasteiger charge is 2.21. The first kappa shape index (κ1) is 8.74. The van der Waals surface area contributed by atoms with Crippen molar-refractivity contribution in [1.82, 2.24) is 5.32 Å². The molecule has 0 saturated heterocycles. The topological polar surface area (TPSA) is 66.4 Å². The number of carbonyl (C=O) groups is 2. The largest absolute Gasteiger partial charge is 0.481 e. The van der Waals surface area contributed by atoms with Crippen LogP contribution in [0.15, 0.2) is 18.2 Å². The number of fused-ring (bicyclic) bond motifs is 1. The summed E-state index contributed by atoms with van der Waals surface area (Å²) in [5.74, 6) is -0.995. The summed E-state index contributed by atoms with van der Waals surface area (Å²) in [6, 6.07) is 5.16. The lowest BCUT2D eigenvalue weighted by atomic mass is 10.0. The van der Waals surface area contributed by atoms with E-state index in [-0.39, 0.29) is 12.3 Å². The Bertz CT molecular complexity index is 412. The lowest BCUT2D eigenvalue weighted by Gasteiger charge is -2.02. The van der Waals surface area contributed by atoms with Gasteiger partial charge in [0.15, 0.2) is 0 Å². The molecule has 0 spiro atoms. The molecule has 0 saturated carbocycles. The number of hydrogen-bond acceptors (Lipinski definition) is 2. The molecule has 14 heavy (non-hydrogen) atoms. The van der Waals surface area contributed by atoms with Crippen LogP contribution in [0.25, 0.3) is 0 Å². The molecule has 0 atom stereocenters. The van der Waals surface area contributed by atoms with Crippen LogP contribution in [0.5, 0.6) is 0 Å². The van der Waals surface area contributed by atoms with Gasteiger partial charge in [-0.15, -0.1) is 0 Å². The lowest BCUT2D eigenvalue weighted by molar-refractivity contribution is -0.136. The van der Waals surface area contributed by atoms with Crippen molar-refractivity contribution < 1.29 is 14.7 Å². The number of hydrogen-bond donors (Lipinski definition) is 2. The maximum absolute atomic E-state index is 11.2. The summed E-state index contributed by atoms with van der Waals surface area (Å²) in [5, 5.41) is 11.3. The summed E-state index contributed by atoms with van der Waals surface area (Å²) in [6.45, 7) is 0.442. The van der Waals surface area contributed by atoms with E-state index in [2.05, 4.69) is 5.32 Å². The van der Waals surface area contributed by atoms with Gasteiger partial charge < -0.3 is 10.4 Å². The van der Waals surface area contributed by atoms with E-state index >= 15 is 0 Å². The summed E-state index contributed by atoms with van der Waals surface area (Å²) in [4.78, 5) is 21.8. The van der Waals surface area contributed by atoms with E-state index in [1.54, 1.807) is 18.2 Å². The van der Waals surface area contributed by atoms with E-state index in [1.165, 1.54) is 0 Å². The van der Waals surface area contributed by atoms with Gasteiger partial charge in [0.25, 0.3) is 5.91 Å². The maximum Gasteiger partial charge on any atom is 0.307 e. The van der Waals surface area contributed by atoms with Gasteiger partial charge in [0.05, 0.1) is 6.42 Å². The van der Waals surface area contributed by atoms with Crippen LogP contribution in [0, 0.1) is 0 Å². The van der Waals surface area contributed by atoms with E-state index in [9.17, 15) is 9.59 Å². The first-order valence-corrected chi connectivity index (χ1v) is 4.29. The zero-order valence-electron chi connectivity index (χ0n) is 7.41. The van der Waals surface area contributed by atoms with Gasteiger partial charge in [-0.3, -0.25) is 9.59 Å². The van der Waals surface area contributed by atoms with E-state index < -0.39 is 5.97 Å². The number of carbonyl (C=O) groups excluding carboxylic acids is 1. The predicted octanol–water partition coefficient (Wildman–Crippen LogP) is 0.557. The minimum Gasteiger partial charge on any atom is -0.481 e. The zero-order valence-corrected chi connectivity index (χ0v) is 7.41. The fraction of sp³-hybridized carbons (Fsp3) is 0.200. The number of benzene rings is 1. The summed E-state index contributed by atoms with van der Waals surface area (Å²) < 4.78 is 0. The van der Waals surface area contributed by atoms with E-state index in [0.717, 1.165) is 5.56 Å². The third kappa shape index (κ3) is 1.35. The quantitative estimate of drug-likeness (QED) is 0.717. The number of carboxylic acid groups (broad SMARTS) is 1. The highest BCUT2D eigenvalue weighted by molar-refractivity contribution is 5.98. The molecule has 0 bridgehead atoms. The van der Waals surface area contributed by atoms with Crippen LogP contribution in [0.1, 0.15) is 21.5 Å². The maximum atomic E-state index is 11.2. The Morgan fingerprint density at radius 1 is 1.50 bits per heavy atom. The number of aliphatic carboxylic acids is 1. The van der Waals surface area contributed by atoms with E-state index in [0.29, 0.717) is 17.7 Å². The SMILES string of the molecule is O=C(O)Cc1cccc2c1CNC2=O. The highest BCUT2D eigenvalue weighted by atomic mass is 16.4. The second-order valence-electron chi connectivity index (χ2n) is 3.20. The second kappa shape index (κ2) is 3.14. The standard InChI is InChI=1S/C10H9NO3/c12-9(13)4-6-2-1-3-7-8(6)5-11-10(7)14/h1-3H,4-5H2,(H,11,14)(H,12,13). The molecule has 1 aromatic carbocycles. The average Bonchev–Trinajstić information content (AvgIpc) is 2.49. The molecule has 1 aliphatic rings. The van der Waals surface area contributed by atoms with Crippen molar-refractivity contribution in [3.8, 4) is 0 Å². The molecule has 72 valence electrons. The Morgan fingerprint density at radius 3 is 3.00 bits per heavy atom. The fourth-order valence-corrected chi connectivity index (χ4v) is 1.65. The molecule has 4 nitrogen and oxygen atoms in total. The van der Waals surface area contributed by atoms with Crippen LogP contribution < -0.4 is 5.32 Å². The molecule has 1 aromatic rings. The van der Waals surface area contributed by atoms with Gasteiger partial charge in [-0.2, -0.15) is 0 Å². The average molecular weight is 191 g/mol. The molecule has 2 rings (SSSR count). The van der Waals surface area contributed by atoms with Crippen molar-refractivity contribution in [1.29, 1.82) is 0 Å². The Hall–Kier alpha value is -1.84. The van der Waals surface area contributed by atoms with Crippen molar-refractivity contribution in [3.05, 3.63) is 34.9 Å². The molecule has 1 aliphatic heterocycles. The second-order valence-corrected chi connectivity index (χ2v) is 3.20. The lowest BCUT2D eigenvalue weighted by Crippen LogP contribution is -2.12. The zero-order chi connectivity index (χ0) is 10.1. The van der Waals surface area contributed by atoms with Gasteiger partial charge in [0, 0.05) is 12.1 Å². The van der Waals surface area contributed by atoms with Gasteiger partial charge in [-0.1, -0.05) is 12.1 Å². The van der Waals surface area contributed by atoms with Crippen molar-refractivity contribution in [2.24, 2.45) is 0 Å². The fourth-order valence-electron chi connectivity index (χ4n) is 1.65. The third-order valence-electron chi connectivity index (χ3n) is 2.29. The van der Waals surface area contributed by atoms with Gasteiger partial charge >= 0.3 is 5.97 Å². The molecule has 1 heterocycles. The summed E-state index contributed by atoms with van der Waals surface area (Å²) >= 11 is 0. The van der Waals surface area contributed by atoms with Gasteiger partial charge in [-0.25, -0.2) is 0 Å². The van der Waals surface area contributed by atoms with Crippen molar-refractivity contribution in [3.63, 3.8) is 0 Å². The van der Waals surface area contributed by atoms with Crippen LogP contribution in [0.2, 0.25) is 0 Å². The highest BCUT2D eigenvalue weighted by Crippen LogP contribution is 2.20. The molecule has 4 heteroatoms. The van der Waals surface area contributed by atoms with Crippen LogP contribution in [0.4, 0.5) is 0 Å². The van der Waals surface area contributed by atoms with Gasteiger partial charge in [0.2, 0.25) is 0 Å². The van der Waals surface area contributed by atoms with Crippen LogP contribution in [0.3, 0.4) is 0 Å². The molecule has 0 aliphatic carbocycles. The molecular formula is C10H9NO3. The minimum atomic E-state index is -0.877. The minimum absolute atomic E-state index is 0.0296. The summed E-state index contributed by atoms with van der Waals surface area (Å²) in [6.07, 6.45) is -0.0296. The molecule has 0 aromatic heterocycles. The van der Waals surface area contributed by atoms with E-state index in [4.69, 9.17) is 5.11 Å². The number of amides is 1. The predicted molar refractivity (Wildman–Crippen MR) is 49.0 cm³/mol. The summed E-state index contributed by atoms with van der Waals surface area (Å²) in [7, 11) is 0. The normalized spacial score (nSPS) is 13.6. The Labute approximate surface area is 80.6 Å². The molecule has 0 unspecified atom stereocenters. The number of nitrogens with one attached hydrogen (secondary N) is 1. The van der Waals surface area contributed by atoms with Gasteiger partial charge in [0.1, 0.15) is 0 Å². The molecule has 0 fully saturated rings. The Balaban J connectivity index is 2.43. The molecular weight excluding hydrogens is 182 g/mol. The Morgan fingerprint density at radius 2 is 2.29 bits per heavy atom. The smallest absolute Gasteiger partial charge is 0.307 e. The van der Waals surface area contributed by atoms with E-state index in [1.807, 2.05) is 0 Å². The monoisotopic (exact) mass is 191 g/mol. The number of carboxylic acids is 1.